The molecule has 0 spiro atoms. The molecule has 1 atom stereocenters. The molecule has 2 rings (SSSR count). The van der Waals surface area contributed by atoms with Crippen LogP contribution in [0, 0.1) is 12.8 Å². The molecule has 0 saturated carbocycles. The lowest BCUT2D eigenvalue weighted by Gasteiger charge is -2.27. The maximum atomic E-state index is 5.51. The highest BCUT2D eigenvalue weighted by molar-refractivity contribution is 5.39. The fourth-order valence-electron chi connectivity index (χ4n) is 2.84. The fraction of sp³-hybridized carbons (Fsp3) is 0.625. The zero-order valence-electron chi connectivity index (χ0n) is 12.2. The summed E-state index contributed by atoms with van der Waals surface area (Å²) in [7, 11) is 3.78. The van der Waals surface area contributed by atoms with Crippen molar-refractivity contribution in [2.24, 2.45) is 5.92 Å². The fourth-order valence-corrected chi connectivity index (χ4v) is 2.84. The molecule has 1 fully saturated rings. The molecule has 1 heterocycles. The Labute approximate surface area is 116 Å². The molecule has 1 aliphatic rings. The van der Waals surface area contributed by atoms with Gasteiger partial charge in [-0.2, -0.15) is 0 Å². The van der Waals surface area contributed by atoms with E-state index in [2.05, 4.69) is 30.4 Å². The summed E-state index contributed by atoms with van der Waals surface area (Å²) in [4.78, 5) is 0. The lowest BCUT2D eigenvalue weighted by Crippen LogP contribution is -2.24. The molecule has 0 amide bonds. The second kappa shape index (κ2) is 6.92. The first-order chi connectivity index (χ1) is 9.24. The molecule has 0 aromatic heterocycles. The molecule has 1 aliphatic heterocycles. The van der Waals surface area contributed by atoms with E-state index in [9.17, 15) is 0 Å². The van der Waals surface area contributed by atoms with Gasteiger partial charge in [0.25, 0.3) is 0 Å². The first kappa shape index (κ1) is 14.4. The van der Waals surface area contributed by atoms with E-state index < -0.39 is 0 Å². The van der Waals surface area contributed by atoms with Crippen molar-refractivity contribution in [3.8, 4) is 5.75 Å². The highest BCUT2D eigenvalue weighted by Crippen LogP contribution is 2.32. The summed E-state index contributed by atoms with van der Waals surface area (Å²) in [6.45, 7) is 3.95. The number of hydrogen-bond acceptors (Lipinski definition) is 3. The molecule has 3 heteroatoms. The van der Waals surface area contributed by atoms with Gasteiger partial charge >= 0.3 is 0 Å². The van der Waals surface area contributed by atoms with E-state index in [1.165, 1.54) is 24.0 Å². The molecule has 19 heavy (non-hydrogen) atoms. The minimum absolute atomic E-state index is 0.359. The minimum atomic E-state index is 0.359. The Balaban J connectivity index is 2.13. The van der Waals surface area contributed by atoms with Crippen molar-refractivity contribution in [2.45, 2.75) is 32.2 Å². The van der Waals surface area contributed by atoms with Crippen LogP contribution >= 0.6 is 0 Å². The van der Waals surface area contributed by atoms with Crippen molar-refractivity contribution < 1.29 is 9.47 Å². The smallest absolute Gasteiger partial charge is 0.123 e. The second-order valence-corrected chi connectivity index (χ2v) is 5.38. The van der Waals surface area contributed by atoms with Gasteiger partial charge in [-0.15, -0.1) is 0 Å². The molecule has 1 saturated heterocycles. The van der Waals surface area contributed by atoms with Crippen LogP contribution in [0.15, 0.2) is 18.2 Å². The van der Waals surface area contributed by atoms with Crippen molar-refractivity contribution >= 4 is 0 Å². The molecule has 3 nitrogen and oxygen atoms in total. The molecule has 1 unspecified atom stereocenters. The van der Waals surface area contributed by atoms with Gasteiger partial charge in [-0.05, 0) is 45.2 Å². The maximum Gasteiger partial charge on any atom is 0.123 e. The summed E-state index contributed by atoms with van der Waals surface area (Å²) in [5.74, 6) is 1.73. The van der Waals surface area contributed by atoms with Crippen molar-refractivity contribution in [1.82, 2.24) is 5.32 Å². The van der Waals surface area contributed by atoms with Crippen LogP contribution in [0.2, 0.25) is 0 Å². The van der Waals surface area contributed by atoms with Crippen LogP contribution in [0.3, 0.4) is 0 Å². The number of ether oxygens (including phenoxy) is 2. The van der Waals surface area contributed by atoms with Crippen LogP contribution in [0.1, 0.15) is 36.4 Å². The van der Waals surface area contributed by atoms with E-state index in [1.54, 1.807) is 7.11 Å². The second-order valence-electron chi connectivity index (χ2n) is 5.38. The zero-order valence-corrected chi connectivity index (χ0v) is 12.2. The molecular weight excluding hydrogens is 238 g/mol. The van der Waals surface area contributed by atoms with Crippen molar-refractivity contribution in [2.75, 3.05) is 27.4 Å². The van der Waals surface area contributed by atoms with Gasteiger partial charge in [0.05, 0.1) is 7.11 Å². The summed E-state index contributed by atoms with van der Waals surface area (Å²) in [5, 5.41) is 3.45. The first-order valence-electron chi connectivity index (χ1n) is 7.14. The zero-order chi connectivity index (χ0) is 13.7. The van der Waals surface area contributed by atoms with Crippen molar-refractivity contribution in [1.29, 1.82) is 0 Å². The van der Waals surface area contributed by atoms with E-state index in [0.29, 0.717) is 6.04 Å². The van der Waals surface area contributed by atoms with Crippen LogP contribution < -0.4 is 10.1 Å². The van der Waals surface area contributed by atoms with Gasteiger partial charge in [0.15, 0.2) is 0 Å². The quantitative estimate of drug-likeness (QED) is 0.885. The van der Waals surface area contributed by atoms with E-state index in [4.69, 9.17) is 9.47 Å². The van der Waals surface area contributed by atoms with Crippen molar-refractivity contribution in [3.63, 3.8) is 0 Å². The summed E-state index contributed by atoms with van der Waals surface area (Å²) >= 11 is 0. The van der Waals surface area contributed by atoms with Gasteiger partial charge in [0, 0.05) is 24.8 Å². The molecular formula is C16H25NO2. The number of hydrogen-bond donors (Lipinski definition) is 1. The molecule has 1 aromatic rings. The van der Waals surface area contributed by atoms with Crippen LogP contribution in [0.5, 0.6) is 5.75 Å². The lowest BCUT2D eigenvalue weighted by molar-refractivity contribution is 0.0607. The number of benzene rings is 1. The summed E-state index contributed by atoms with van der Waals surface area (Å²) < 4.78 is 10.9. The third-order valence-corrected chi connectivity index (χ3v) is 4.02. The average Bonchev–Trinajstić information content (AvgIpc) is 2.46. The molecule has 0 aliphatic carbocycles. The Morgan fingerprint density at radius 1 is 1.37 bits per heavy atom. The van der Waals surface area contributed by atoms with Crippen LogP contribution in [-0.2, 0) is 4.74 Å². The third kappa shape index (κ3) is 3.71. The highest BCUT2D eigenvalue weighted by Gasteiger charge is 2.21. The summed E-state index contributed by atoms with van der Waals surface area (Å²) in [6.07, 6.45) is 3.50. The molecule has 0 bridgehead atoms. The Morgan fingerprint density at radius 3 is 2.74 bits per heavy atom. The molecule has 0 radical (unpaired) electrons. The predicted octanol–water partition coefficient (Wildman–Crippen LogP) is 3.08. The van der Waals surface area contributed by atoms with Crippen LogP contribution in [0.25, 0.3) is 0 Å². The molecule has 1 aromatic carbocycles. The van der Waals surface area contributed by atoms with Crippen molar-refractivity contribution in [3.05, 3.63) is 29.3 Å². The van der Waals surface area contributed by atoms with Crippen LogP contribution in [-0.4, -0.2) is 27.4 Å². The number of methoxy groups -OCH3 is 1. The molecule has 106 valence electrons. The predicted molar refractivity (Wildman–Crippen MR) is 77.7 cm³/mol. The number of aryl methyl sites for hydroxylation is 1. The molecule has 1 N–H and O–H groups in total. The lowest BCUT2D eigenvalue weighted by atomic mass is 9.89. The minimum Gasteiger partial charge on any atom is -0.496 e. The van der Waals surface area contributed by atoms with E-state index in [1.807, 2.05) is 7.05 Å². The van der Waals surface area contributed by atoms with E-state index in [0.717, 1.165) is 31.3 Å². The normalized spacial score (nSPS) is 18.3. The maximum absolute atomic E-state index is 5.51. The standard InChI is InChI=1S/C16H25NO2/c1-12-4-5-16(18-3)14(10-12)15(17-2)11-13-6-8-19-9-7-13/h4-5,10,13,15,17H,6-9,11H2,1-3H3. The SMILES string of the molecule is CNC(CC1CCOCC1)c1cc(C)ccc1OC. The summed E-state index contributed by atoms with van der Waals surface area (Å²) in [5.41, 5.74) is 2.56. The Bertz CT molecular complexity index is 400. The summed E-state index contributed by atoms with van der Waals surface area (Å²) in [6, 6.07) is 6.76. The van der Waals surface area contributed by atoms with Gasteiger partial charge in [0.2, 0.25) is 0 Å². The largest absolute Gasteiger partial charge is 0.496 e. The van der Waals surface area contributed by atoms with Gasteiger partial charge in [-0.3, -0.25) is 0 Å². The topological polar surface area (TPSA) is 30.5 Å². The average molecular weight is 263 g/mol. The first-order valence-corrected chi connectivity index (χ1v) is 7.14. The Morgan fingerprint density at radius 2 is 2.11 bits per heavy atom. The van der Waals surface area contributed by atoms with Gasteiger partial charge in [-0.25, -0.2) is 0 Å². The highest BCUT2D eigenvalue weighted by atomic mass is 16.5. The third-order valence-electron chi connectivity index (χ3n) is 4.02. The van der Waals surface area contributed by atoms with Crippen LogP contribution in [0.4, 0.5) is 0 Å². The number of rotatable bonds is 5. The number of nitrogens with one attached hydrogen (secondary N) is 1. The van der Waals surface area contributed by atoms with Gasteiger partial charge < -0.3 is 14.8 Å². The van der Waals surface area contributed by atoms with E-state index >= 15 is 0 Å². The van der Waals surface area contributed by atoms with Gasteiger partial charge in [0.1, 0.15) is 5.75 Å². The Hall–Kier alpha value is -1.06. The van der Waals surface area contributed by atoms with Gasteiger partial charge in [-0.1, -0.05) is 17.7 Å². The monoisotopic (exact) mass is 263 g/mol. The Kier molecular flexibility index (Phi) is 5.23. The van der Waals surface area contributed by atoms with E-state index in [-0.39, 0.29) is 0 Å².